The highest BCUT2D eigenvalue weighted by molar-refractivity contribution is 9.11. The molecule has 0 radical (unpaired) electrons. The van der Waals surface area contributed by atoms with Crippen molar-refractivity contribution >= 4 is 27.3 Å². The average Bonchev–Trinajstić information content (AvgIpc) is 2.74. The van der Waals surface area contributed by atoms with Crippen LogP contribution in [-0.4, -0.2) is 5.11 Å². The molecular weight excluding hydrogens is 272 g/mol. The van der Waals surface area contributed by atoms with E-state index in [1.165, 1.54) is 24.8 Å². The first kappa shape index (κ1) is 11.6. The Morgan fingerprint density at radius 2 is 2.27 bits per heavy atom. The maximum atomic E-state index is 10.3. The number of aryl methyl sites for hydroxylation is 1. The highest BCUT2D eigenvalue weighted by Crippen LogP contribution is 2.43. The smallest absolute Gasteiger partial charge is 0.0913 e. The molecule has 2 rings (SSSR count). The minimum atomic E-state index is -0.252. The number of hydrogen-bond acceptors (Lipinski definition) is 2. The van der Waals surface area contributed by atoms with Crippen LogP contribution in [0, 0.1) is 18.8 Å². The van der Waals surface area contributed by atoms with Crippen LogP contribution in [0.1, 0.15) is 42.7 Å². The molecule has 1 aromatic heterocycles. The third kappa shape index (κ3) is 2.29. The molecule has 84 valence electrons. The maximum absolute atomic E-state index is 10.3. The molecule has 0 spiro atoms. The van der Waals surface area contributed by atoms with Gasteiger partial charge >= 0.3 is 0 Å². The lowest BCUT2D eigenvalue weighted by Crippen LogP contribution is -2.13. The quantitative estimate of drug-likeness (QED) is 0.861. The van der Waals surface area contributed by atoms with Gasteiger partial charge in [-0.05, 0) is 52.7 Å². The van der Waals surface area contributed by atoms with E-state index in [2.05, 4.69) is 35.8 Å². The van der Waals surface area contributed by atoms with Gasteiger partial charge in [-0.15, -0.1) is 11.3 Å². The van der Waals surface area contributed by atoms with E-state index in [1.807, 2.05) is 0 Å². The van der Waals surface area contributed by atoms with Gasteiger partial charge in [0.05, 0.1) is 9.89 Å². The lowest BCUT2D eigenvalue weighted by molar-refractivity contribution is 0.0932. The van der Waals surface area contributed by atoms with Gasteiger partial charge in [-0.25, -0.2) is 0 Å². The summed E-state index contributed by atoms with van der Waals surface area (Å²) in [6, 6.07) is 2.12. The number of hydrogen-bond donors (Lipinski definition) is 1. The van der Waals surface area contributed by atoms with Crippen molar-refractivity contribution in [1.82, 2.24) is 0 Å². The Hall–Kier alpha value is 0.140. The zero-order valence-corrected chi connectivity index (χ0v) is 11.6. The van der Waals surface area contributed by atoms with Gasteiger partial charge in [0.15, 0.2) is 0 Å². The van der Waals surface area contributed by atoms with Crippen LogP contribution in [0.3, 0.4) is 0 Å². The van der Waals surface area contributed by atoms with Gasteiger partial charge in [0.2, 0.25) is 0 Å². The highest BCUT2D eigenvalue weighted by Gasteiger charge is 2.31. The molecule has 1 heterocycles. The van der Waals surface area contributed by atoms with Crippen LogP contribution < -0.4 is 0 Å². The van der Waals surface area contributed by atoms with E-state index in [1.54, 1.807) is 11.3 Å². The van der Waals surface area contributed by atoms with Crippen molar-refractivity contribution in [3.63, 3.8) is 0 Å². The Balaban J connectivity index is 2.16. The molecule has 0 amide bonds. The minimum absolute atomic E-state index is 0.252. The van der Waals surface area contributed by atoms with Crippen molar-refractivity contribution < 1.29 is 5.11 Å². The fraction of sp³-hybridized carbons (Fsp3) is 0.667. The maximum Gasteiger partial charge on any atom is 0.0913 e. The zero-order valence-electron chi connectivity index (χ0n) is 9.16. The molecular formula is C12H17BrOS. The Kier molecular flexibility index (Phi) is 3.53. The monoisotopic (exact) mass is 288 g/mol. The van der Waals surface area contributed by atoms with Gasteiger partial charge in [-0.3, -0.25) is 0 Å². The second-order valence-electron chi connectivity index (χ2n) is 4.62. The fourth-order valence-corrected chi connectivity index (χ4v) is 4.12. The number of thiophene rings is 1. The minimum Gasteiger partial charge on any atom is -0.387 e. The molecule has 0 saturated heterocycles. The SMILES string of the molecule is Cc1cc(C(O)C2CCCC2C)sc1Br. The lowest BCUT2D eigenvalue weighted by atomic mass is 9.91. The summed E-state index contributed by atoms with van der Waals surface area (Å²) in [7, 11) is 0. The predicted octanol–water partition coefficient (Wildman–Crippen LogP) is 4.29. The van der Waals surface area contributed by atoms with Gasteiger partial charge in [0, 0.05) is 4.88 Å². The number of aliphatic hydroxyl groups excluding tert-OH is 1. The van der Waals surface area contributed by atoms with Crippen LogP contribution in [-0.2, 0) is 0 Å². The summed E-state index contributed by atoms with van der Waals surface area (Å²) in [5.74, 6) is 1.14. The van der Waals surface area contributed by atoms with E-state index in [9.17, 15) is 5.11 Å². The van der Waals surface area contributed by atoms with E-state index < -0.39 is 0 Å². The summed E-state index contributed by atoms with van der Waals surface area (Å²) in [5, 5.41) is 10.3. The molecule has 1 fully saturated rings. The normalized spacial score (nSPS) is 28.3. The summed E-state index contributed by atoms with van der Waals surface area (Å²) >= 11 is 5.19. The van der Waals surface area contributed by atoms with Crippen molar-refractivity contribution in [2.24, 2.45) is 11.8 Å². The Morgan fingerprint density at radius 3 is 2.73 bits per heavy atom. The van der Waals surface area contributed by atoms with Crippen LogP contribution in [0.25, 0.3) is 0 Å². The van der Waals surface area contributed by atoms with Crippen LogP contribution in [0.5, 0.6) is 0 Å². The molecule has 3 atom stereocenters. The van der Waals surface area contributed by atoms with Gasteiger partial charge in [0.1, 0.15) is 0 Å². The molecule has 15 heavy (non-hydrogen) atoms. The molecule has 0 bridgehead atoms. The second-order valence-corrected chi connectivity index (χ2v) is 7.02. The standard InChI is InChI=1S/C12H17BrOS/c1-7-4-3-5-9(7)11(14)10-6-8(2)12(13)15-10/h6-7,9,11,14H,3-5H2,1-2H3. The third-order valence-corrected chi connectivity index (χ3v) is 5.71. The molecule has 0 aromatic carbocycles. The summed E-state index contributed by atoms with van der Waals surface area (Å²) in [4.78, 5) is 1.12. The predicted molar refractivity (Wildman–Crippen MR) is 68.2 cm³/mol. The van der Waals surface area contributed by atoms with Gasteiger partial charge < -0.3 is 5.11 Å². The Labute approximate surface area is 104 Å². The average molecular weight is 289 g/mol. The van der Waals surface area contributed by atoms with E-state index in [-0.39, 0.29) is 6.10 Å². The Bertz CT molecular complexity index is 328. The summed E-state index contributed by atoms with van der Waals surface area (Å²) in [5.41, 5.74) is 1.24. The van der Waals surface area contributed by atoms with Crippen LogP contribution in [0.15, 0.2) is 9.85 Å². The molecule has 1 aliphatic carbocycles. The molecule has 1 saturated carbocycles. The van der Waals surface area contributed by atoms with Crippen LogP contribution >= 0.6 is 27.3 Å². The van der Waals surface area contributed by atoms with E-state index in [0.717, 1.165) is 8.66 Å². The molecule has 3 heteroatoms. The first-order chi connectivity index (χ1) is 7.09. The molecule has 0 aliphatic heterocycles. The number of halogens is 1. The largest absolute Gasteiger partial charge is 0.387 e. The molecule has 3 unspecified atom stereocenters. The summed E-state index contributed by atoms with van der Waals surface area (Å²) in [6.07, 6.45) is 3.47. The van der Waals surface area contributed by atoms with Crippen molar-refractivity contribution in [2.45, 2.75) is 39.2 Å². The number of aliphatic hydroxyl groups is 1. The van der Waals surface area contributed by atoms with Crippen molar-refractivity contribution in [3.8, 4) is 0 Å². The van der Waals surface area contributed by atoms with Gasteiger partial charge in [-0.1, -0.05) is 19.8 Å². The first-order valence-corrected chi connectivity index (χ1v) is 7.14. The van der Waals surface area contributed by atoms with Crippen LogP contribution in [0.2, 0.25) is 0 Å². The fourth-order valence-electron chi connectivity index (χ4n) is 2.48. The summed E-state index contributed by atoms with van der Waals surface area (Å²) < 4.78 is 1.15. The summed E-state index contributed by atoms with van der Waals surface area (Å²) in [6.45, 7) is 4.34. The van der Waals surface area contributed by atoms with Gasteiger partial charge in [0.25, 0.3) is 0 Å². The zero-order chi connectivity index (χ0) is 11.0. The molecule has 1 aromatic rings. The topological polar surface area (TPSA) is 20.2 Å². The second kappa shape index (κ2) is 4.56. The number of rotatable bonds is 2. The van der Waals surface area contributed by atoms with E-state index in [0.29, 0.717) is 11.8 Å². The highest BCUT2D eigenvalue weighted by atomic mass is 79.9. The van der Waals surface area contributed by atoms with Gasteiger partial charge in [-0.2, -0.15) is 0 Å². The third-order valence-electron chi connectivity index (χ3n) is 3.50. The van der Waals surface area contributed by atoms with Crippen LogP contribution in [0.4, 0.5) is 0 Å². The van der Waals surface area contributed by atoms with E-state index >= 15 is 0 Å². The van der Waals surface area contributed by atoms with Crippen molar-refractivity contribution in [3.05, 3.63) is 20.3 Å². The first-order valence-electron chi connectivity index (χ1n) is 5.53. The van der Waals surface area contributed by atoms with Crippen molar-refractivity contribution in [1.29, 1.82) is 0 Å². The molecule has 1 nitrogen and oxygen atoms in total. The lowest BCUT2D eigenvalue weighted by Gasteiger charge is -2.20. The van der Waals surface area contributed by atoms with E-state index in [4.69, 9.17) is 0 Å². The van der Waals surface area contributed by atoms with Crippen molar-refractivity contribution in [2.75, 3.05) is 0 Å². The Morgan fingerprint density at radius 1 is 1.53 bits per heavy atom. The molecule has 1 aliphatic rings. The molecule has 1 N–H and O–H groups in total.